The lowest BCUT2D eigenvalue weighted by Crippen LogP contribution is -2.25. The van der Waals surface area contributed by atoms with Crippen LogP contribution >= 0.6 is 0 Å². The van der Waals surface area contributed by atoms with Crippen LogP contribution in [0.3, 0.4) is 0 Å². The summed E-state index contributed by atoms with van der Waals surface area (Å²) in [5.41, 5.74) is 2.84. The maximum Gasteiger partial charge on any atom is 0.0721 e. The molecule has 0 aromatic heterocycles. The topological polar surface area (TPSA) is 9.23 Å². The van der Waals surface area contributed by atoms with E-state index in [9.17, 15) is 0 Å². The number of benzene rings is 1. The highest BCUT2D eigenvalue weighted by Crippen LogP contribution is 2.44. The third-order valence-corrected chi connectivity index (χ3v) is 7.69. The Kier molecular flexibility index (Phi) is 10.2. The van der Waals surface area contributed by atoms with Crippen LogP contribution in [0.15, 0.2) is 49.1 Å². The third kappa shape index (κ3) is 7.41. The molecule has 2 saturated carbocycles. The highest BCUT2D eigenvalue weighted by molar-refractivity contribution is 5.25. The van der Waals surface area contributed by atoms with Crippen molar-refractivity contribution in [2.75, 3.05) is 6.61 Å². The zero-order chi connectivity index (χ0) is 21.0. The van der Waals surface area contributed by atoms with Crippen molar-refractivity contribution in [3.8, 4) is 0 Å². The molecule has 2 aliphatic carbocycles. The normalized spacial score (nSPS) is 27.4. The Bertz CT molecular complexity index is 612. The molecular weight excluding hydrogens is 364 g/mol. The molecule has 0 aliphatic heterocycles. The van der Waals surface area contributed by atoms with Crippen LogP contribution in [0, 0.1) is 17.8 Å². The van der Waals surface area contributed by atoms with Crippen LogP contribution in [0.5, 0.6) is 0 Å². The van der Waals surface area contributed by atoms with Crippen molar-refractivity contribution in [1.82, 2.24) is 0 Å². The first-order chi connectivity index (χ1) is 14.8. The van der Waals surface area contributed by atoms with E-state index < -0.39 is 0 Å². The molecule has 1 nitrogen and oxygen atoms in total. The molecule has 2 aliphatic rings. The first kappa shape index (κ1) is 23.3. The van der Waals surface area contributed by atoms with Crippen molar-refractivity contribution in [3.05, 3.63) is 60.2 Å². The minimum atomic E-state index is 0.719. The zero-order valence-electron chi connectivity index (χ0n) is 19.4. The molecule has 0 bridgehead atoms. The zero-order valence-corrected chi connectivity index (χ0v) is 19.4. The molecule has 0 saturated heterocycles. The Morgan fingerprint density at radius 1 is 0.900 bits per heavy atom. The Hall–Kier alpha value is -1.34. The van der Waals surface area contributed by atoms with Gasteiger partial charge in [-0.1, -0.05) is 68.7 Å². The first-order valence-electron chi connectivity index (χ1n) is 12.7. The van der Waals surface area contributed by atoms with Gasteiger partial charge in [-0.2, -0.15) is 0 Å². The number of allylic oxidation sites excluding steroid dienone is 2. The Morgan fingerprint density at radius 3 is 2.20 bits per heavy atom. The average Bonchev–Trinajstić information content (AvgIpc) is 2.80. The largest absolute Gasteiger partial charge is 0.373 e. The average molecular weight is 409 g/mol. The van der Waals surface area contributed by atoms with Crippen molar-refractivity contribution in [2.24, 2.45) is 17.8 Å². The van der Waals surface area contributed by atoms with Crippen molar-refractivity contribution >= 4 is 0 Å². The summed E-state index contributed by atoms with van der Waals surface area (Å²) in [5.74, 6) is 3.80. The second-order valence-corrected chi connectivity index (χ2v) is 9.75. The fourth-order valence-corrected chi connectivity index (χ4v) is 5.79. The lowest BCUT2D eigenvalue weighted by Gasteiger charge is -2.38. The molecule has 30 heavy (non-hydrogen) atoms. The van der Waals surface area contributed by atoms with Crippen molar-refractivity contribution in [3.63, 3.8) is 0 Å². The van der Waals surface area contributed by atoms with Gasteiger partial charge in [0.15, 0.2) is 0 Å². The quantitative estimate of drug-likeness (QED) is 0.263. The maximum absolute atomic E-state index is 5.73. The monoisotopic (exact) mass is 408 g/mol. The fraction of sp³-hybridized carbons (Fsp3) is 0.655. The van der Waals surface area contributed by atoms with Crippen molar-refractivity contribution in [1.29, 1.82) is 0 Å². The number of hydrogen-bond acceptors (Lipinski definition) is 1. The van der Waals surface area contributed by atoms with E-state index in [1.165, 1.54) is 76.2 Å². The predicted octanol–water partition coefficient (Wildman–Crippen LogP) is 8.61. The minimum Gasteiger partial charge on any atom is -0.373 e. The second-order valence-electron chi connectivity index (χ2n) is 9.75. The van der Waals surface area contributed by atoms with Crippen LogP contribution in [-0.2, 0) is 11.3 Å². The minimum absolute atomic E-state index is 0.719. The molecule has 0 N–H and O–H groups in total. The highest BCUT2D eigenvalue weighted by atomic mass is 16.5. The van der Waals surface area contributed by atoms with Crippen LogP contribution in [0.4, 0.5) is 0 Å². The molecule has 166 valence electrons. The van der Waals surface area contributed by atoms with Crippen LogP contribution in [0.2, 0.25) is 0 Å². The van der Waals surface area contributed by atoms with Gasteiger partial charge >= 0.3 is 0 Å². The van der Waals surface area contributed by atoms with Crippen LogP contribution in [0.25, 0.3) is 0 Å². The smallest absolute Gasteiger partial charge is 0.0721 e. The SMILES string of the molecule is C=CCCC[C@H]1CC[C@H](C2CCC(c3ccc(COCC=CCC)cc3)CC2)CC1. The van der Waals surface area contributed by atoms with Crippen LogP contribution < -0.4 is 0 Å². The molecule has 1 aromatic rings. The van der Waals surface area contributed by atoms with E-state index in [-0.39, 0.29) is 0 Å². The van der Waals surface area contributed by atoms with Gasteiger partial charge in [0.25, 0.3) is 0 Å². The summed E-state index contributed by atoms with van der Waals surface area (Å²) < 4.78 is 5.73. The van der Waals surface area contributed by atoms with Gasteiger partial charge in [-0.3, -0.25) is 0 Å². The standard InChI is InChI=1S/C29H44O/c1-3-5-7-9-24-10-14-26(15-11-24)28-18-20-29(21-19-28)27-16-12-25(13-17-27)23-30-22-8-6-4-2/h3,6,8,12-13,16-17,24,26,28-29H,1,4-5,7,9-11,14-15,18-23H2,2H3/t24-,26-,28?,29?. The van der Waals surface area contributed by atoms with Gasteiger partial charge in [-0.15, -0.1) is 6.58 Å². The van der Waals surface area contributed by atoms with Gasteiger partial charge in [0.2, 0.25) is 0 Å². The Balaban J connectivity index is 1.36. The van der Waals surface area contributed by atoms with Crippen molar-refractivity contribution in [2.45, 2.75) is 96.5 Å². The summed E-state index contributed by atoms with van der Waals surface area (Å²) in [6, 6.07) is 9.28. The molecule has 0 spiro atoms. The number of rotatable bonds is 11. The lowest BCUT2D eigenvalue weighted by atomic mass is 9.68. The predicted molar refractivity (Wildman–Crippen MR) is 130 cm³/mol. The summed E-state index contributed by atoms with van der Waals surface area (Å²) in [6.07, 6.45) is 23.1. The molecule has 3 rings (SSSR count). The molecule has 2 fully saturated rings. The summed E-state index contributed by atoms with van der Waals surface area (Å²) in [4.78, 5) is 0. The summed E-state index contributed by atoms with van der Waals surface area (Å²) in [6.45, 7) is 7.45. The van der Waals surface area contributed by atoms with Gasteiger partial charge in [0.1, 0.15) is 0 Å². The molecule has 0 atom stereocenters. The van der Waals surface area contributed by atoms with Gasteiger partial charge < -0.3 is 4.74 Å². The second kappa shape index (κ2) is 13.2. The molecule has 0 heterocycles. The van der Waals surface area contributed by atoms with E-state index in [1.807, 2.05) is 0 Å². The van der Waals surface area contributed by atoms with Gasteiger partial charge in [-0.25, -0.2) is 0 Å². The van der Waals surface area contributed by atoms with Gasteiger partial charge in [0, 0.05) is 0 Å². The summed E-state index contributed by atoms with van der Waals surface area (Å²) in [5, 5.41) is 0. The molecule has 0 amide bonds. The molecule has 1 heteroatoms. The maximum atomic E-state index is 5.73. The van der Waals surface area contributed by atoms with E-state index in [1.54, 1.807) is 5.56 Å². The Morgan fingerprint density at radius 2 is 1.57 bits per heavy atom. The van der Waals surface area contributed by atoms with E-state index >= 15 is 0 Å². The van der Waals surface area contributed by atoms with Gasteiger partial charge in [0.05, 0.1) is 13.2 Å². The third-order valence-electron chi connectivity index (χ3n) is 7.69. The van der Waals surface area contributed by atoms with E-state index in [4.69, 9.17) is 4.74 Å². The molecule has 1 aromatic carbocycles. The highest BCUT2D eigenvalue weighted by Gasteiger charge is 2.31. The molecule has 0 radical (unpaired) electrons. The Labute approximate surface area is 186 Å². The van der Waals surface area contributed by atoms with Gasteiger partial charge in [-0.05, 0) is 92.6 Å². The number of ether oxygens (including phenoxy) is 1. The summed E-state index contributed by atoms with van der Waals surface area (Å²) >= 11 is 0. The molecule has 0 unspecified atom stereocenters. The molecular formula is C29H44O. The van der Waals surface area contributed by atoms with Crippen LogP contribution in [0.1, 0.15) is 101 Å². The lowest BCUT2D eigenvalue weighted by molar-refractivity contribution is 0.148. The van der Waals surface area contributed by atoms with E-state index in [0.29, 0.717) is 0 Å². The van der Waals surface area contributed by atoms with E-state index in [2.05, 4.69) is 56.0 Å². The summed E-state index contributed by atoms with van der Waals surface area (Å²) in [7, 11) is 0. The van der Waals surface area contributed by atoms with E-state index in [0.717, 1.165) is 43.3 Å². The van der Waals surface area contributed by atoms with Crippen LogP contribution in [-0.4, -0.2) is 6.61 Å². The number of unbranched alkanes of at least 4 members (excludes halogenated alkanes) is 1. The number of hydrogen-bond donors (Lipinski definition) is 0. The first-order valence-corrected chi connectivity index (χ1v) is 12.7. The van der Waals surface area contributed by atoms with Crippen molar-refractivity contribution < 1.29 is 4.74 Å². The fourth-order valence-electron chi connectivity index (χ4n) is 5.79.